The van der Waals surface area contributed by atoms with Gasteiger partial charge >= 0.3 is 0 Å². The smallest absolute Gasteiger partial charge is 0.160 e. The highest BCUT2D eigenvalue weighted by Crippen LogP contribution is 2.40. The number of pyridine rings is 1. The van der Waals surface area contributed by atoms with Crippen LogP contribution in [0.2, 0.25) is 0 Å². The molecule has 0 saturated heterocycles. The van der Waals surface area contributed by atoms with E-state index in [-0.39, 0.29) is 0 Å². The lowest BCUT2D eigenvalue weighted by atomic mass is 9.92. The second-order valence-electron chi connectivity index (χ2n) is 12.4. The summed E-state index contributed by atoms with van der Waals surface area (Å²) in [7, 11) is 0. The molecule has 7 aromatic carbocycles. The molecule has 0 spiro atoms. The van der Waals surface area contributed by atoms with Crippen LogP contribution >= 0.6 is 0 Å². The van der Waals surface area contributed by atoms with Crippen LogP contribution in [0.3, 0.4) is 0 Å². The molecule has 0 fully saturated rings. The van der Waals surface area contributed by atoms with Crippen molar-refractivity contribution in [1.29, 1.82) is 0 Å². The van der Waals surface area contributed by atoms with E-state index in [1.54, 1.807) is 0 Å². The molecule has 9 rings (SSSR count). The zero-order valence-electron chi connectivity index (χ0n) is 27.2. The average molecular weight is 638 g/mol. The molecule has 0 aliphatic heterocycles. The van der Waals surface area contributed by atoms with Crippen LogP contribution in [0.4, 0.5) is 0 Å². The topological polar surface area (TPSA) is 38.7 Å². The van der Waals surface area contributed by atoms with Crippen molar-refractivity contribution in [3.05, 3.63) is 188 Å². The Morgan fingerprint density at radius 2 is 0.820 bits per heavy atom. The maximum atomic E-state index is 5.27. The Morgan fingerprint density at radius 3 is 1.48 bits per heavy atom. The summed E-state index contributed by atoms with van der Waals surface area (Å²) in [6.07, 6.45) is 0. The van der Waals surface area contributed by atoms with Crippen LogP contribution in [0.5, 0.6) is 0 Å². The van der Waals surface area contributed by atoms with Gasteiger partial charge in [0.25, 0.3) is 0 Å². The van der Waals surface area contributed by atoms with Crippen LogP contribution in [-0.4, -0.2) is 15.0 Å². The highest BCUT2D eigenvalue weighted by atomic mass is 14.9. The SMILES string of the molecule is c1ccc(-c2ccc(-c3nc(-c4ccccc4)cc(-c4ccc5nc(-c6ccccc6)c6cccc(-c7ccccc7)c6c5c4)n3)cc2)cc1. The molecule has 50 heavy (non-hydrogen) atoms. The lowest BCUT2D eigenvalue weighted by molar-refractivity contribution is 1.18. The van der Waals surface area contributed by atoms with Crippen molar-refractivity contribution in [3.63, 3.8) is 0 Å². The third-order valence-electron chi connectivity index (χ3n) is 9.29. The van der Waals surface area contributed by atoms with E-state index in [1.165, 1.54) is 22.1 Å². The van der Waals surface area contributed by atoms with Crippen molar-refractivity contribution >= 4 is 21.7 Å². The zero-order chi connectivity index (χ0) is 33.3. The Balaban J connectivity index is 1.26. The van der Waals surface area contributed by atoms with E-state index in [9.17, 15) is 0 Å². The largest absolute Gasteiger partial charge is 0.247 e. The molecule has 0 aliphatic rings. The number of rotatable bonds is 6. The van der Waals surface area contributed by atoms with Gasteiger partial charge in [-0.05, 0) is 40.5 Å². The average Bonchev–Trinajstić information content (AvgIpc) is 3.21. The summed E-state index contributed by atoms with van der Waals surface area (Å²) in [5.74, 6) is 0.688. The molecule has 0 unspecified atom stereocenters. The minimum absolute atomic E-state index is 0.688. The van der Waals surface area contributed by atoms with E-state index in [4.69, 9.17) is 15.0 Å². The molecule has 0 amide bonds. The standard InChI is InChI=1S/C47H31N3/c1-5-14-32(15-6-1)33-24-26-37(27-25-33)47-49-43(35-18-9-3-10-19-35)31-44(50-47)38-28-29-42-41(30-38)45-39(34-16-7-2-8-17-34)22-13-23-40(45)46(48-42)36-20-11-4-12-21-36/h1-31H. The summed E-state index contributed by atoms with van der Waals surface area (Å²) in [6, 6.07) is 65.5. The quantitative estimate of drug-likeness (QED) is 0.170. The van der Waals surface area contributed by atoms with Crippen LogP contribution < -0.4 is 0 Å². The molecule has 0 aliphatic carbocycles. The highest BCUT2D eigenvalue weighted by Gasteiger charge is 2.17. The van der Waals surface area contributed by atoms with Gasteiger partial charge in [-0.3, -0.25) is 0 Å². The molecule has 0 atom stereocenters. The summed E-state index contributed by atoms with van der Waals surface area (Å²) in [4.78, 5) is 15.6. The Morgan fingerprint density at radius 1 is 0.300 bits per heavy atom. The molecule has 2 aromatic heterocycles. The van der Waals surface area contributed by atoms with Gasteiger partial charge in [0.1, 0.15) is 0 Å². The van der Waals surface area contributed by atoms with Gasteiger partial charge in [0.2, 0.25) is 0 Å². The van der Waals surface area contributed by atoms with Gasteiger partial charge in [0.15, 0.2) is 5.82 Å². The maximum Gasteiger partial charge on any atom is 0.160 e. The first kappa shape index (κ1) is 29.4. The minimum atomic E-state index is 0.688. The number of hydrogen-bond acceptors (Lipinski definition) is 3. The Kier molecular flexibility index (Phi) is 7.49. The molecule has 2 heterocycles. The van der Waals surface area contributed by atoms with Crippen molar-refractivity contribution in [3.8, 4) is 67.4 Å². The first-order valence-electron chi connectivity index (χ1n) is 16.9. The predicted octanol–water partition coefficient (Wildman–Crippen LogP) is 12.2. The summed E-state index contributed by atoms with van der Waals surface area (Å²) in [5, 5.41) is 3.39. The lowest BCUT2D eigenvalue weighted by Crippen LogP contribution is -1.97. The number of fused-ring (bicyclic) bond motifs is 3. The van der Waals surface area contributed by atoms with E-state index in [1.807, 2.05) is 18.2 Å². The van der Waals surface area contributed by atoms with Gasteiger partial charge in [-0.15, -0.1) is 0 Å². The van der Waals surface area contributed by atoms with E-state index in [0.29, 0.717) is 5.82 Å². The number of nitrogens with zero attached hydrogens (tertiary/aromatic N) is 3. The van der Waals surface area contributed by atoms with Gasteiger partial charge < -0.3 is 0 Å². The molecule has 234 valence electrons. The fraction of sp³-hybridized carbons (Fsp3) is 0. The lowest BCUT2D eigenvalue weighted by Gasteiger charge is -2.15. The van der Waals surface area contributed by atoms with Crippen LogP contribution in [-0.2, 0) is 0 Å². The zero-order valence-corrected chi connectivity index (χ0v) is 27.2. The number of hydrogen-bond donors (Lipinski definition) is 0. The second-order valence-corrected chi connectivity index (χ2v) is 12.4. The van der Waals surface area contributed by atoms with Crippen molar-refractivity contribution in [2.24, 2.45) is 0 Å². The molecule has 0 radical (unpaired) electrons. The van der Waals surface area contributed by atoms with E-state index < -0.39 is 0 Å². The fourth-order valence-electron chi connectivity index (χ4n) is 6.81. The first-order chi connectivity index (χ1) is 24.8. The third-order valence-corrected chi connectivity index (χ3v) is 9.29. The Labute approximate surface area is 291 Å². The van der Waals surface area contributed by atoms with Crippen molar-refractivity contribution in [2.75, 3.05) is 0 Å². The van der Waals surface area contributed by atoms with E-state index in [0.717, 1.165) is 61.2 Å². The van der Waals surface area contributed by atoms with Crippen LogP contribution in [0, 0.1) is 0 Å². The van der Waals surface area contributed by atoms with Crippen molar-refractivity contribution in [2.45, 2.75) is 0 Å². The molecule has 3 nitrogen and oxygen atoms in total. The van der Waals surface area contributed by atoms with E-state index >= 15 is 0 Å². The van der Waals surface area contributed by atoms with Gasteiger partial charge in [-0.2, -0.15) is 0 Å². The summed E-state index contributed by atoms with van der Waals surface area (Å²) in [6.45, 7) is 0. The summed E-state index contributed by atoms with van der Waals surface area (Å²) < 4.78 is 0. The predicted molar refractivity (Wildman–Crippen MR) is 207 cm³/mol. The second kappa shape index (κ2) is 12.7. The fourth-order valence-corrected chi connectivity index (χ4v) is 6.81. The maximum absolute atomic E-state index is 5.27. The molecule has 0 bridgehead atoms. The number of benzene rings is 7. The molecule has 0 N–H and O–H groups in total. The third kappa shape index (κ3) is 5.51. The van der Waals surface area contributed by atoms with Gasteiger partial charge in [-0.25, -0.2) is 15.0 Å². The molecule has 0 saturated carbocycles. The first-order valence-corrected chi connectivity index (χ1v) is 16.9. The van der Waals surface area contributed by atoms with Gasteiger partial charge in [-0.1, -0.05) is 170 Å². The summed E-state index contributed by atoms with van der Waals surface area (Å²) >= 11 is 0. The Bertz CT molecular complexity index is 2600. The molecule has 9 aromatic rings. The summed E-state index contributed by atoms with van der Waals surface area (Å²) in [5.41, 5.74) is 12.5. The van der Waals surface area contributed by atoms with Crippen LogP contribution in [0.1, 0.15) is 0 Å². The molecular weight excluding hydrogens is 607 g/mol. The van der Waals surface area contributed by atoms with E-state index in [2.05, 4.69) is 170 Å². The Hall–Kier alpha value is -6.71. The molecule has 3 heteroatoms. The monoisotopic (exact) mass is 637 g/mol. The highest BCUT2D eigenvalue weighted by molar-refractivity contribution is 6.17. The normalized spacial score (nSPS) is 11.2. The van der Waals surface area contributed by atoms with Crippen molar-refractivity contribution in [1.82, 2.24) is 15.0 Å². The van der Waals surface area contributed by atoms with Gasteiger partial charge in [0.05, 0.1) is 22.6 Å². The van der Waals surface area contributed by atoms with Crippen LogP contribution in [0.25, 0.3) is 89.1 Å². The number of aromatic nitrogens is 3. The van der Waals surface area contributed by atoms with Gasteiger partial charge in [0, 0.05) is 38.4 Å². The van der Waals surface area contributed by atoms with Crippen molar-refractivity contribution < 1.29 is 0 Å². The minimum Gasteiger partial charge on any atom is -0.247 e. The van der Waals surface area contributed by atoms with Crippen LogP contribution in [0.15, 0.2) is 188 Å². The molecular formula is C47H31N3.